The number of anilines is 1. The number of benzene rings is 1. The van der Waals surface area contributed by atoms with Crippen molar-refractivity contribution >= 4 is 39.6 Å². The number of urea groups is 1. The summed E-state index contributed by atoms with van der Waals surface area (Å²) in [5.41, 5.74) is 1.43. The van der Waals surface area contributed by atoms with Gasteiger partial charge in [-0.2, -0.15) is 0 Å². The fraction of sp³-hybridized carbons (Fsp3) is 0.517. The van der Waals surface area contributed by atoms with Crippen molar-refractivity contribution in [2.45, 2.75) is 52.1 Å². The van der Waals surface area contributed by atoms with E-state index < -0.39 is 0 Å². The molecule has 0 bridgehead atoms. The maximum absolute atomic E-state index is 14.3. The average Bonchev–Trinajstić information content (AvgIpc) is 3.56. The summed E-state index contributed by atoms with van der Waals surface area (Å²) in [6.45, 7) is 8.67. The molecule has 2 N–H and O–H groups in total. The molecular formula is C29H37FN6O2S2. The molecule has 0 unspecified atom stereocenters. The number of nitrogens with zero attached hydrogens (tertiary/aromatic N) is 4. The second-order valence-corrected chi connectivity index (χ2v) is 12.9. The minimum Gasteiger partial charge on any atom is -0.335 e. The van der Waals surface area contributed by atoms with Gasteiger partial charge in [0.25, 0.3) is 0 Å². The molecule has 2 amide bonds. The Morgan fingerprint density at radius 2 is 2.00 bits per heavy atom. The Morgan fingerprint density at radius 1 is 1.15 bits per heavy atom. The Balaban J connectivity index is 1.23. The highest BCUT2D eigenvalue weighted by Gasteiger charge is 2.33. The van der Waals surface area contributed by atoms with Crippen LogP contribution in [0, 0.1) is 24.6 Å². The van der Waals surface area contributed by atoms with E-state index in [4.69, 9.17) is 0 Å². The quantitative estimate of drug-likeness (QED) is 0.336. The van der Waals surface area contributed by atoms with Gasteiger partial charge in [-0.3, -0.25) is 15.0 Å². The van der Waals surface area contributed by atoms with Crippen molar-refractivity contribution in [1.82, 2.24) is 25.1 Å². The van der Waals surface area contributed by atoms with Crippen molar-refractivity contribution in [3.63, 3.8) is 0 Å². The van der Waals surface area contributed by atoms with Crippen LogP contribution in [0.1, 0.15) is 52.1 Å². The number of Topliss-reactive ketones (excluding diaryl/α,β-unsaturated/α-hetero) is 1. The zero-order chi connectivity index (χ0) is 28.1. The molecular weight excluding hydrogens is 547 g/mol. The van der Waals surface area contributed by atoms with Gasteiger partial charge in [0.1, 0.15) is 10.8 Å². The highest BCUT2D eigenvalue weighted by molar-refractivity contribution is 7.17. The number of thiazole rings is 2. The third kappa shape index (κ3) is 7.51. The van der Waals surface area contributed by atoms with Gasteiger partial charge in [0, 0.05) is 56.6 Å². The maximum atomic E-state index is 14.3. The first kappa shape index (κ1) is 28.8. The Labute approximate surface area is 243 Å². The fourth-order valence-electron chi connectivity index (χ4n) is 6.02. The summed E-state index contributed by atoms with van der Waals surface area (Å²) in [5.74, 6) is 0.480. The summed E-state index contributed by atoms with van der Waals surface area (Å²) in [6.07, 6.45) is 5.63. The van der Waals surface area contributed by atoms with Crippen molar-refractivity contribution in [3.05, 3.63) is 62.8 Å². The molecule has 0 aliphatic carbocycles. The highest BCUT2D eigenvalue weighted by atomic mass is 32.1. The van der Waals surface area contributed by atoms with E-state index in [1.807, 2.05) is 23.7 Å². The van der Waals surface area contributed by atoms with Gasteiger partial charge in [0.15, 0.2) is 10.9 Å². The molecule has 2 aliphatic rings. The lowest BCUT2D eigenvalue weighted by Crippen LogP contribution is -2.55. The van der Waals surface area contributed by atoms with Gasteiger partial charge in [-0.15, -0.1) is 11.3 Å². The van der Waals surface area contributed by atoms with E-state index in [-0.39, 0.29) is 29.6 Å². The molecule has 2 aromatic heterocycles. The Hall–Kier alpha value is -2.73. The molecule has 0 spiro atoms. The van der Waals surface area contributed by atoms with E-state index in [2.05, 4.69) is 30.4 Å². The van der Waals surface area contributed by atoms with Crippen LogP contribution in [0.4, 0.5) is 14.3 Å². The maximum Gasteiger partial charge on any atom is 0.321 e. The van der Waals surface area contributed by atoms with Gasteiger partial charge < -0.3 is 10.2 Å². The molecule has 4 heterocycles. The van der Waals surface area contributed by atoms with E-state index in [0.29, 0.717) is 21.6 Å². The number of carbonyl (C=O) groups is 2. The minimum absolute atomic E-state index is 0.00725. The number of carbonyl (C=O) groups excluding carboxylic acids is 2. The monoisotopic (exact) mass is 584 g/mol. The zero-order valence-corrected chi connectivity index (χ0v) is 24.7. The van der Waals surface area contributed by atoms with Gasteiger partial charge in [0.05, 0.1) is 17.1 Å². The first-order chi connectivity index (χ1) is 19.3. The third-order valence-corrected chi connectivity index (χ3v) is 9.81. The molecule has 5 rings (SSSR count). The van der Waals surface area contributed by atoms with Crippen LogP contribution in [0.5, 0.6) is 0 Å². The molecule has 214 valence electrons. The van der Waals surface area contributed by atoms with E-state index in [1.165, 1.54) is 18.3 Å². The van der Waals surface area contributed by atoms with Gasteiger partial charge in [-0.25, -0.2) is 19.2 Å². The van der Waals surface area contributed by atoms with Crippen LogP contribution in [0.25, 0.3) is 0 Å². The number of aromatic nitrogens is 2. The Morgan fingerprint density at radius 3 is 2.75 bits per heavy atom. The number of hydrogen-bond acceptors (Lipinski definition) is 8. The molecule has 2 fully saturated rings. The summed E-state index contributed by atoms with van der Waals surface area (Å²) in [6, 6.07) is 6.81. The predicted octanol–water partition coefficient (Wildman–Crippen LogP) is 5.22. The number of aryl methyl sites for hydroxylation is 1. The lowest BCUT2D eigenvalue weighted by molar-refractivity contribution is 0.0817. The number of likely N-dealkylation sites (tertiary alicyclic amines) is 2. The van der Waals surface area contributed by atoms with Crippen molar-refractivity contribution in [2.75, 3.05) is 38.0 Å². The summed E-state index contributed by atoms with van der Waals surface area (Å²) < 4.78 is 14.3. The molecule has 2 aliphatic heterocycles. The zero-order valence-electron chi connectivity index (χ0n) is 23.1. The highest BCUT2D eigenvalue weighted by Crippen LogP contribution is 2.27. The summed E-state index contributed by atoms with van der Waals surface area (Å²) in [5, 5.41) is 9.61. The van der Waals surface area contributed by atoms with Crippen molar-refractivity contribution in [1.29, 1.82) is 0 Å². The summed E-state index contributed by atoms with van der Waals surface area (Å²) >= 11 is 2.88. The van der Waals surface area contributed by atoms with Gasteiger partial charge in [-0.05, 0) is 56.7 Å². The Kier molecular flexibility index (Phi) is 9.56. The third-order valence-electron chi connectivity index (χ3n) is 7.88. The van der Waals surface area contributed by atoms with Crippen LogP contribution in [-0.2, 0) is 13.0 Å². The molecule has 1 aromatic carbocycles. The van der Waals surface area contributed by atoms with Gasteiger partial charge in [-0.1, -0.05) is 29.5 Å². The first-order valence-electron chi connectivity index (χ1n) is 14.0. The number of piperidine rings is 2. The number of hydrogen-bond donors (Lipinski definition) is 2. The van der Waals surface area contributed by atoms with Crippen LogP contribution in [0.3, 0.4) is 0 Å². The lowest BCUT2D eigenvalue weighted by Gasteiger charge is -2.42. The van der Waals surface area contributed by atoms with Crippen LogP contribution >= 0.6 is 22.7 Å². The molecule has 0 saturated carbocycles. The average molecular weight is 585 g/mol. The molecule has 8 nitrogen and oxygen atoms in total. The SMILES string of the molecule is CC(=O)c1sc(NC(=O)N[C@@H]2CCN(Cc3nccs3)C[C@H]2CN2CCC[C@@H](Cc3ccccc3F)C2)nc1C. The van der Waals surface area contributed by atoms with E-state index in [0.717, 1.165) is 75.5 Å². The van der Waals surface area contributed by atoms with Crippen LogP contribution in [0.2, 0.25) is 0 Å². The van der Waals surface area contributed by atoms with E-state index in [1.54, 1.807) is 30.4 Å². The normalized spacial score (nSPS) is 22.2. The molecule has 40 heavy (non-hydrogen) atoms. The molecule has 3 aromatic rings. The smallest absolute Gasteiger partial charge is 0.321 e. The van der Waals surface area contributed by atoms with Crippen molar-refractivity contribution < 1.29 is 14.0 Å². The number of amides is 2. The number of halogens is 1. The first-order valence-corrected chi connectivity index (χ1v) is 15.7. The Bertz CT molecular complexity index is 1300. The van der Waals surface area contributed by atoms with Crippen molar-refractivity contribution in [3.8, 4) is 0 Å². The number of rotatable bonds is 9. The molecule has 3 atom stereocenters. The fourth-order valence-corrected chi connectivity index (χ4v) is 7.53. The minimum atomic E-state index is -0.289. The van der Waals surface area contributed by atoms with E-state index >= 15 is 0 Å². The predicted molar refractivity (Wildman–Crippen MR) is 158 cm³/mol. The van der Waals surface area contributed by atoms with Crippen LogP contribution < -0.4 is 10.6 Å². The molecule has 0 radical (unpaired) electrons. The second kappa shape index (κ2) is 13.3. The van der Waals surface area contributed by atoms with Crippen molar-refractivity contribution in [2.24, 2.45) is 11.8 Å². The summed E-state index contributed by atoms with van der Waals surface area (Å²) in [4.78, 5) is 39.2. The summed E-state index contributed by atoms with van der Waals surface area (Å²) in [7, 11) is 0. The largest absolute Gasteiger partial charge is 0.335 e. The van der Waals surface area contributed by atoms with Gasteiger partial charge >= 0.3 is 6.03 Å². The molecule has 2 saturated heterocycles. The van der Waals surface area contributed by atoms with Crippen LogP contribution in [-0.4, -0.2) is 70.3 Å². The second-order valence-electron chi connectivity index (χ2n) is 11.0. The van der Waals surface area contributed by atoms with Gasteiger partial charge in [0.2, 0.25) is 0 Å². The standard InChI is InChI=1S/C29H37FN6O2S2/c1-19-27(20(2)37)40-29(32-19)34-28(38)33-25-9-12-36(18-26-31-10-13-39-26)17-23(25)16-35-11-5-6-21(15-35)14-22-7-3-4-8-24(22)30/h3-4,7-8,10,13,21,23,25H,5-6,9,11-12,14-18H2,1-2H3,(H2,32,33,34,38)/t21-,23+,25+/m0/s1. The topological polar surface area (TPSA) is 90.5 Å². The molecule has 11 heteroatoms. The lowest BCUT2D eigenvalue weighted by atomic mass is 9.88. The van der Waals surface area contributed by atoms with Crippen LogP contribution in [0.15, 0.2) is 35.8 Å². The van der Waals surface area contributed by atoms with E-state index in [9.17, 15) is 14.0 Å². The number of ketones is 1. The number of nitrogens with one attached hydrogen (secondary N) is 2.